The van der Waals surface area contributed by atoms with Gasteiger partial charge in [0.15, 0.2) is 11.6 Å². The number of halogens is 1. The smallest absolute Gasteiger partial charge is 0.254 e. The van der Waals surface area contributed by atoms with E-state index in [-0.39, 0.29) is 11.7 Å². The van der Waals surface area contributed by atoms with Gasteiger partial charge in [-0.15, -0.1) is 0 Å². The van der Waals surface area contributed by atoms with Crippen molar-refractivity contribution in [1.82, 2.24) is 14.9 Å². The fourth-order valence-corrected chi connectivity index (χ4v) is 3.60. The molecular formula is C20H24FN5O3. The maximum atomic E-state index is 13.9. The van der Waals surface area contributed by atoms with Crippen LogP contribution in [0.2, 0.25) is 0 Å². The van der Waals surface area contributed by atoms with Gasteiger partial charge in [0.1, 0.15) is 18.0 Å². The predicted octanol–water partition coefficient (Wildman–Crippen LogP) is 1.42. The van der Waals surface area contributed by atoms with Crippen LogP contribution >= 0.6 is 0 Å². The summed E-state index contributed by atoms with van der Waals surface area (Å²) in [6.45, 7) is 5.44. The maximum absolute atomic E-state index is 13.9. The normalized spacial score (nSPS) is 17.4. The molecule has 0 saturated carbocycles. The average Bonchev–Trinajstić information content (AvgIpc) is 2.79. The van der Waals surface area contributed by atoms with Crippen LogP contribution in [-0.2, 0) is 4.74 Å². The zero-order chi connectivity index (χ0) is 20.2. The molecule has 2 saturated heterocycles. The Morgan fingerprint density at radius 3 is 2.28 bits per heavy atom. The van der Waals surface area contributed by atoms with Gasteiger partial charge < -0.3 is 24.2 Å². The number of benzene rings is 1. The van der Waals surface area contributed by atoms with Crippen molar-refractivity contribution in [2.24, 2.45) is 0 Å². The Bertz CT molecular complexity index is 867. The second-order valence-electron chi connectivity index (χ2n) is 6.96. The van der Waals surface area contributed by atoms with Gasteiger partial charge in [0.05, 0.1) is 20.3 Å². The zero-order valence-corrected chi connectivity index (χ0v) is 16.4. The Hall–Kier alpha value is -2.94. The van der Waals surface area contributed by atoms with Gasteiger partial charge in [-0.25, -0.2) is 14.4 Å². The van der Waals surface area contributed by atoms with E-state index in [4.69, 9.17) is 9.47 Å². The minimum absolute atomic E-state index is 0.131. The first-order valence-corrected chi connectivity index (χ1v) is 9.68. The number of nitrogens with zero attached hydrogens (tertiary/aromatic N) is 5. The number of hydrogen-bond donors (Lipinski definition) is 0. The maximum Gasteiger partial charge on any atom is 0.254 e. The molecule has 0 bridgehead atoms. The van der Waals surface area contributed by atoms with Gasteiger partial charge in [0, 0.05) is 50.9 Å². The number of rotatable bonds is 4. The number of carbonyl (C=O) groups is 1. The number of ether oxygens (including phenoxy) is 2. The Balaban J connectivity index is 1.39. The van der Waals surface area contributed by atoms with Crippen LogP contribution in [0.25, 0.3) is 0 Å². The van der Waals surface area contributed by atoms with E-state index in [1.54, 1.807) is 17.3 Å². The third-order valence-corrected chi connectivity index (χ3v) is 5.26. The zero-order valence-electron chi connectivity index (χ0n) is 16.4. The first kappa shape index (κ1) is 19.4. The predicted molar refractivity (Wildman–Crippen MR) is 106 cm³/mol. The molecule has 4 rings (SSSR count). The summed E-state index contributed by atoms with van der Waals surface area (Å²) in [4.78, 5) is 27.6. The Labute approximate surface area is 168 Å². The molecule has 1 amide bonds. The highest BCUT2D eigenvalue weighted by molar-refractivity contribution is 5.94. The van der Waals surface area contributed by atoms with E-state index in [2.05, 4.69) is 19.8 Å². The fraction of sp³-hybridized carbons (Fsp3) is 0.450. The molecule has 3 heterocycles. The van der Waals surface area contributed by atoms with Gasteiger partial charge in [0.2, 0.25) is 0 Å². The van der Waals surface area contributed by atoms with Gasteiger partial charge >= 0.3 is 0 Å². The van der Waals surface area contributed by atoms with Crippen LogP contribution < -0.4 is 14.5 Å². The molecule has 2 aromatic rings. The summed E-state index contributed by atoms with van der Waals surface area (Å²) in [5.74, 6) is 1.16. The van der Waals surface area contributed by atoms with E-state index < -0.39 is 5.82 Å². The number of anilines is 2. The summed E-state index contributed by atoms with van der Waals surface area (Å²) in [5.41, 5.74) is 0.327. The van der Waals surface area contributed by atoms with Gasteiger partial charge in [-0.2, -0.15) is 0 Å². The first-order valence-electron chi connectivity index (χ1n) is 9.68. The molecule has 0 spiro atoms. The highest BCUT2D eigenvalue weighted by Crippen LogP contribution is 2.22. The van der Waals surface area contributed by atoms with Crippen molar-refractivity contribution >= 4 is 17.5 Å². The Kier molecular flexibility index (Phi) is 5.75. The van der Waals surface area contributed by atoms with Crippen LogP contribution in [0.1, 0.15) is 10.4 Å². The van der Waals surface area contributed by atoms with Crippen molar-refractivity contribution < 1.29 is 18.7 Å². The SMILES string of the molecule is COc1ccc(C(=O)N2CCN(c3cc(N4CCOCC4)ncn3)CC2)cc1F. The number of hydrogen-bond acceptors (Lipinski definition) is 7. The van der Waals surface area contributed by atoms with Gasteiger partial charge in [-0.3, -0.25) is 4.79 Å². The average molecular weight is 401 g/mol. The van der Waals surface area contributed by atoms with E-state index in [0.717, 1.165) is 24.7 Å². The molecule has 0 aliphatic carbocycles. The van der Waals surface area contributed by atoms with Crippen molar-refractivity contribution in [2.45, 2.75) is 0 Å². The Morgan fingerprint density at radius 1 is 1.00 bits per heavy atom. The number of methoxy groups -OCH3 is 1. The van der Waals surface area contributed by atoms with Crippen molar-refractivity contribution in [3.05, 3.63) is 42.0 Å². The molecule has 0 radical (unpaired) electrons. The lowest BCUT2D eigenvalue weighted by atomic mass is 10.1. The van der Waals surface area contributed by atoms with Crippen LogP contribution in [0.5, 0.6) is 5.75 Å². The van der Waals surface area contributed by atoms with E-state index in [9.17, 15) is 9.18 Å². The minimum atomic E-state index is -0.534. The van der Waals surface area contributed by atoms with Crippen LogP contribution in [0, 0.1) is 5.82 Å². The first-order chi connectivity index (χ1) is 14.2. The van der Waals surface area contributed by atoms with Gasteiger partial charge in [-0.1, -0.05) is 0 Å². The lowest BCUT2D eigenvalue weighted by Gasteiger charge is -2.36. The number of carbonyl (C=O) groups excluding carboxylic acids is 1. The molecule has 0 atom stereocenters. The number of amides is 1. The van der Waals surface area contributed by atoms with Gasteiger partial charge in [-0.05, 0) is 18.2 Å². The van der Waals surface area contributed by atoms with E-state index in [0.29, 0.717) is 45.0 Å². The highest BCUT2D eigenvalue weighted by atomic mass is 19.1. The highest BCUT2D eigenvalue weighted by Gasteiger charge is 2.24. The monoisotopic (exact) mass is 401 g/mol. The van der Waals surface area contributed by atoms with Crippen LogP contribution in [0.4, 0.5) is 16.0 Å². The third kappa shape index (κ3) is 4.24. The van der Waals surface area contributed by atoms with Crippen molar-refractivity contribution in [3.63, 3.8) is 0 Å². The molecule has 29 heavy (non-hydrogen) atoms. The molecule has 8 nitrogen and oxygen atoms in total. The minimum Gasteiger partial charge on any atom is -0.494 e. The summed E-state index contributed by atoms with van der Waals surface area (Å²) in [7, 11) is 1.40. The number of piperazine rings is 1. The van der Waals surface area contributed by atoms with Gasteiger partial charge in [0.25, 0.3) is 5.91 Å². The molecule has 1 aromatic heterocycles. The van der Waals surface area contributed by atoms with Crippen LogP contribution in [0.3, 0.4) is 0 Å². The van der Waals surface area contributed by atoms with Crippen molar-refractivity contribution in [3.8, 4) is 5.75 Å². The molecule has 0 unspecified atom stereocenters. The number of aromatic nitrogens is 2. The topological polar surface area (TPSA) is 71.0 Å². The second-order valence-corrected chi connectivity index (χ2v) is 6.96. The summed E-state index contributed by atoms with van der Waals surface area (Å²) in [6, 6.07) is 6.29. The van der Waals surface area contributed by atoms with E-state index >= 15 is 0 Å². The summed E-state index contributed by atoms with van der Waals surface area (Å²) in [5, 5.41) is 0. The van der Waals surface area contributed by atoms with E-state index in [1.807, 2.05) is 6.07 Å². The molecule has 9 heteroatoms. The molecule has 2 aliphatic rings. The fourth-order valence-electron chi connectivity index (χ4n) is 3.60. The molecule has 0 N–H and O–H groups in total. The third-order valence-electron chi connectivity index (χ3n) is 5.26. The molecular weight excluding hydrogens is 377 g/mol. The standard InChI is InChI=1S/C20H24FN5O3/c1-28-17-3-2-15(12-16(17)21)20(27)26-6-4-24(5-7-26)18-13-19(23-14-22-18)25-8-10-29-11-9-25/h2-3,12-14H,4-11H2,1H3. The van der Waals surface area contributed by atoms with Crippen LogP contribution in [0.15, 0.2) is 30.6 Å². The molecule has 154 valence electrons. The second kappa shape index (κ2) is 8.60. The van der Waals surface area contributed by atoms with E-state index in [1.165, 1.54) is 19.2 Å². The van der Waals surface area contributed by atoms with Crippen molar-refractivity contribution in [1.29, 1.82) is 0 Å². The molecule has 2 aliphatic heterocycles. The Morgan fingerprint density at radius 2 is 1.66 bits per heavy atom. The summed E-state index contributed by atoms with van der Waals surface area (Å²) < 4.78 is 24.2. The summed E-state index contributed by atoms with van der Waals surface area (Å²) in [6.07, 6.45) is 1.58. The number of morpholine rings is 1. The lowest BCUT2D eigenvalue weighted by Crippen LogP contribution is -2.49. The van der Waals surface area contributed by atoms with Crippen molar-refractivity contribution in [2.75, 3.05) is 69.4 Å². The molecule has 2 fully saturated rings. The molecule has 1 aromatic carbocycles. The van der Waals surface area contributed by atoms with Crippen LogP contribution in [-0.4, -0.2) is 80.4 Å². The summed E-state index contributed by atoms with van der Waals surface area (Å²) >= 11 is 0. The lowest BCUT2D eigenvalue weighted by molar-refractivity contribution is 0.0746. The largest absolute Gasteiger partial charge is 0.494 e. The quantitative estimate of drug-likeness (QED) is 0.767.